The number of anilines is 1. The van der Waals surface area contributed by atoms with Crippen molar-refractivity contribution in [1.29, 1.82) is 0 Å². The Kier molecular flexibility index (Phi) is 4.00. The lowest BCUT2D eigenvalue weighted by Crippen LogP contribution is -2.48. The van der Waals surface area contributed by atoms with Crippen LogP contribution in [0.1, 0.15) is 28.7 Å². The van der Waals surface area contributed by atoms with Gasteiger partial charge in [-0.3, -0.25) is 20.2 Å². The van der Waals surface area contributed by atoms with E-state index in [1.807, 2.05) is 54.6 Å². The van der Waals surface area contributed by atoms with Gasteiger partial charge in [-0.2, -0.15) is 0 Å². The molecule has 6 rings (SSSR count). The summed E-state index contributed by atoms with van der Waals surface area (Å²) in [5, 5.41) is 18.9. The van der Waals surface area contributed by atoms with Crippen molar-refractivity contribution < 1.29 is 19.2 Å². The first kappa shape index (κ1) is 18.8. The van der Waals surface area contributed by atoms with Crippen LogP contribution in [0, 0.1) is 10.1 Å². The number of carbonyl (C=O) groups is 1. The summed E-state index contributed by atoms with van der Waals surface area (Å²) in [6, 6.07) is 20.1. The molecule has 4 atom stereocenters. The number of rotatable bonds is 3. The minimum Gasteiger partial charge on any atom is -0.454 e. The molecule has 0 saturated carbocycles. The van der Waals surface area contributed by atoms with Gasteiger partial charge in [-0.1, -0.05) is 54.6 Å². The summed E-state index contributed by atoms with van der Waals surface area (Å²) in [6.45, 7) is 0.0987. The number of para-hydroxylation sites is 1. The van der Waals surface area contributed by atoms with Gasteiger partial charge in [0.25, 0.3) is 0 Å². The van der Waals surface area contributed by atoms with Crippen LogP contribution in [0.2, 0.25) is 0 Å². The van der Waals surface area contributed by atoms with Crippen molar-refractivity contribution in [2.45, 2.75) is 23.5 Å². The largest absolute Gasteiger partial charge is 0.454 e. The predicted molar refractivity (Wildman–Crippen MR) is 115 cm³/mol. The van der Waals surface area contributed by atoms with E-state index in [-0.39, 0.29) is 17.6 Å². The molecule has 2 N–H and O–H groups in total. The van der Waals surface area contributed by atoms with Crippen LogP contribution < -0.4 is 20.1 Å². The maximum Gasteiger partial charge on any atom is 0.250 e. The maximum absolute atomic E-state index is 13.6. The monoisotopic (exact) mass is 429 g/mol. The minimum atomic E-state index is -1.30. The Bertz CT molecular complexity index is 1250. The summed E-state index contributed by atoms with van der Waals surface area (Å²) in [4.78, 5) is 25.8. The molecule has 0 radical (unpaired) electrons. The average Bonchev–Trinajstić information content (AvgIpc) is 3.49. The van der Waals surface area contributed by atoms with Crippen LogP contribution >= 0.6 is 0 Å². The summed E-state index contributed by atoms with van der Waals surface area (Å²) in [5.41, 5.74) is 1.47. The van der Waals surface area contributed by atoms with Gasteiger partial charge in [0.1, 0.15) is 11.6 Å². The maximum atomic E-state index is 13.6. The topological polar surface area (TPSA) is 103 Å². The standard InChI is InChI=1S/C24H19N3O5/c28-23-24(16-8-4-5-9-17(16)25-23)20(15-10-11-18-19(12-15)32-13-31-18)22(27(29)30)21(26-24)14-6-2-1-3-7-14/h1-12,20-22,26H,13H2,(H,25,28)/t20-,21+,22+,24+/m0/s1. The first-order valence-electron chi connectivity index (χ1n) is 10.4. The fraction of sp³-hybridized carbons (Fsp3) is 0.208. The molecule has 1 spiro atoms. The van der Waals surface area contributed by atoms with Gasteiger partial charge in [-0.15, -0.1) is 0 Å². The van der Waals surface area contributed by atoms with Crippen LogP contribution in [0.25, 0.3) is 0 Å². The van der Waals surface area contributed by atoms with Crippen LogP contribution in [-0.4, -0.2) is 23.7 Å². The third-order valence-electron chi connectivity index (χ3n) is 6.65. The van der Waals surface area contributed by atoms with Gasteiger partial charge in [-0.25, -0.2) is 0 Å². The van der Waals surface area contributed by atoms with E-state index in [1.54, 1.807) is 18.2 Å². The van der Waals surface area contributed by atoms with E-state index in [1.165, 1.54) is 0 Å². The van der Waals surface area contributed by atoms with Crippen molar-refractivity contribution in [2.24, 2.45) is 0 Å². The SMILES string of the molecule is O=C1Nc2ccccc2[C@]12N[C@H](c1ccccc1)[C@H]([N+](=O)[O-])[C@@H]2c1ccc2c(c1)OCO2. The van der Waals surface area contributed by atoms with Gasteiger partial charge in [0.2, 0.25) is 18.7 Å². The van der Waals surface area contributed by atoms with Crippen LogP contribution in [0.4, 0.5) is 5.69 Å². The van der Waals surface area contributed by atoms with E-state index in [0.29, 0.717) is 28.3 Å². The highest BCUT2D eigenvalue weighted by Gasteiger charge is 2.67. The number of nitro groups is 1. The summed E-state index contributed by atoms with van der Waals surface area (Å²) >= 11 is 0. The molecule has 0 aromatic heterocycles. The molecule has 3 aliphatic rings. The first-order valence-corrected chi connectivity index (χ1v) is 10.4. The predicted octanol–water partition coefficient (Wildman–Crippen LogP) is 3.34. The average molecular weight is 429 g/mol. The fourth-order valence-corrected chi connectivity index (χ4v) is 5.34. The third-order valence-corrected chi connectivity index (χ3v) is 6.65. The molecule has 160 valence electrons. The van der Waals surface area contributed by atoms with Crippen molar-refractivity contribution in [2.75, 3.05) is 12.1 Å². The molecule has 3 aromatic carbocycles. The number of hydrogen-bond donors (Lipinski definition) is 2. The van der Waals surface area contributed by atoms with Crippen LogP contribution in [0.5, 0.6) is 11.5 Å². The van der Waals surface area contributed by atoms with Gasteiger partial charge in [0, 0.05) is 16.2 Å². The lowest BCUT2D eigenvalue weighted by molar-refractivity contribution is -0.527. The lowest BCUT2D eigenvalue weighted by Gasteiger charge is -2.29. The van der Waals surface area contributed by atoms with E-state index in [4.69, 9.17) is 9.47 Å². The zero-order valence-electron chi connectivity index (χ0n) is 16.9. The number of benzene rings is 3. The smallest absolute Gasteiger partial charge is 0.250 e. The molecule has 32 heavy (non-hydrogen) atoms. The number of carbonyl (C=O) groups excluding carboxylic acids is 1. The third kappa shape index (κ3) is 2.50. The molecule has 0 aliphatic carbocycles. The number of ether oxygens (including phenoxy) is 2. The quantitative estimate of drug-likeness (QED) is 0.489. The van der Waals surface area contributed by atoms with Gasteiger partial charge in [0.05, 0.1) is 5.92 Å². The van der Waals surface area contributed by atoms with E-state index < -0.39 is 23.5 Å². The fourth-order valence-electron chi connectivity index (χ4n) is 5.34. The highest BCUT2D eigenvalue weighted by atomic mass is 16.7. The number of fused-ring (bicyclic) bond motifs is 3. The number of hydrogen-bond acceptors (Lipinski definition) is 6. The summed E-state index contributed by atoms with van der Waals surface area (Å²) < 4.78 is 11.0. The number of amides is 1. The van der Waals surface area contributed by atoms with E-state index in [2.05, 4.69) is 10.6 Å². The molecular formula is C24H19N3O5. The summed E-state index contributed by atoms with van der Waals surface area (Å²) in [7, 11) is 0. The van der Waals surface area contributed by atoms with Crippen molar-refractivity contribution in [1.82, 2.24) is 5.32 Å². The van der Waals surface area contributed by atoms with E-state index in [9.17, 15) is 14.9 Å². The van der Waals surface area contributed by atoms with Crippen LogP contribution in [-0.2, 0) is 10.3 Å². The zero-order valence-corrected chi connectivity index (χ0v) is 16.9. The van der Waals surface area contributed by atoms with Gasteiger partial charge in [0.15, 0.2) is 11.5 Å². The second kappa shape index (κ2) is 6.80. The molecular weight excluding hydrogens is 410 g/mol. The molecule has 8 heteroatoms. The van der Waals surface area contributed by atoms with Crippen molar-refractivity contribution in [3.63, 3.8) is 0 Å². The van der Waals surface area contributed by atoms with Gasteiger partial charge in [-0.05, 0) is 29.3 Å². The summed E-state index contributed by atoms with van der Waals surface area (Å²) in [6.07, 6.45) is 0. The molecule has 1 saturated heterocycles. The van der Waals surface area contributed by atoms with Gasteiger partial charge >= 0.3 is 0 Å². The minimum absolute atomic E-state index is 0.0987. The molecule has 1 amide bonds. The Morgan fingerprint density at radius 2 is 1.69 bits per heavy atom. The highest BCUT2D eigenvalue weighted by Crippen LogP contribution is 2.56. The molecule has 0 unspecified atom stereocenters. The Labute approximate surface area is 183 Å². The van der Waals surface area contributed by atoms with Crippen molar-refractivity contribution in [3.05, 3.63) is 99.6 Å². The highest BCUT2D eigenvalue weighted by molar-refractivity contribution is 6.07. The first-order chi connectivity index (χ1) is 15.6. The summed E-state index contributed by atoms with van der Waals surface area (Å²) in [5.74, 6) is 0.0318. The van der Waals surface area contributed by atoms with E-state index in [0.717, 1.165) is 5.56 Å². The second-order valence-electron chi connectivity index (χ2n) is 8.21. The Balaban J connectivity index is 1.60. The Morgan fingerprint density at radius 3 is 2.50 bits per heavy atom. The molecule has 0 bridgehead atoms. The number of nitrogens with one attached hydrogen (secondary N) is 2. The Morgan fingerprint density at radius 1 is 0.938 bits per heavy atom. The van der Waals surface area contributed by atoms with Crippen LogP contribution in [0.15, 0.2) is 72.8 Å². The normalized spacial score (nSPS) is 27.4. The molecule has 3 heterocycles. The molecule has 3 aliphatic heterocycles. The molecule has 1 fully saturated rings. The second-order valence-corrected chi connectivity index (χ2v) is 8.21. The molecule has 8 nitrogen and oxygen atoms in total. The van der Waals surface area contributed by atoms with Gasteiger partial charge < -0.3 is 14.8 Å². The zero-order chi connectivity index (χ0) is 21.9. The van der Waals surface area contributed by atoms with Crippen LogP contribution in [0.3, 0.4) is 0 Å². The molecule has 3 aromatic rings. The van der Waals surface area contributed by atoms with Crippen molar-refractivity contribution >= 4 is 11.6 Å². The lowest BCUT2D eigenvalue weighted by atomic mass is 9.74. The number of nitrogens with zero attached hydrogens (tertiary/aromatic N) is 1. The van der Waals surface area contributed by atoms with Crippen molar-refractivity contribution in [3.8, 4) is 11.5 Å². The van der Waals surface area contributed by atoms with E-state index >= 15 is 0 Å². The Hall–Kier alpha value is -3.91.